The summed E-state index contributed by atoms with van der Waals surface area (Å²) in [6.07, 6.45) is 3.72. The van der Waals surface area contributed by atoms with Crippen molar-refractivity contribution in [2.75, 3.05) is 12.0 Å². The first-order valence-electron chi connectivity index (χ1n) is 13.2. The zero-order valence-electron chi connectivity index (χ0n) is 21.6. The first-order chi connectivity index (χ1) is 19.5. The first kappa shape index (κ1) is 24.2. The lowest BCUT2D eigenvalue weighted by Gasteiger charge is -2.37. The van der Waals surface area contributed by atoms with Crippen LogP contribution in [0, 0.1) is 11.2 Å². The van der Waals surface area contributed by atoms with E-state index in [9.17, 15) is 14.4 Å². The maximum Gasteiger partial charge on any atom is 0.186 e. The van der Waals surface area contributed by atoms with Crippen LogP contribution in [0.5, 0.6) is 5.75 Å². The van der Waals surface area contributed by atoms with Crippen LogP contribution in [0.3, 0.4) is 0 Å². The molecule has 0 amide bonds. The maximum atomic E-state index is 15.8. The fraction of sp³-hybridized carbons (Fsp3) is 0.147. The van der Waals surface area contributed by atoms with E-state index >= 15 is 4.39 Å². The molecule has 5 nitrogen and oxygen atoms in total. The van der Waals surface area contributed by atoms with E-state index in [-0.39, 0.29) is 22.9 Å². The Morgan fingerprint density at radius 1 is 0.850 bits per heavy atom. The van der Waals surface area contributed by atoms with E-state index in [4.69, 9.17) is 4.74 Å². The van der Waals surface area contributed by atoms with Crippen molar-refractivity contribution in [1.29, 1.82) is 0 Å². The molecule has 0 saturated carbocycles. The number of anilines is 1. The van der Waals surface area contributed by atoms with E-state index in [1.54, 1.807) is 66.7 Å². The molecular formula is C34H24FNO4. The minimum Gasteiger partial charge on any atom is -0.497 e. The van der Waals surface area contributed by atoms with Crippen molar-refractivity contribution >= 4 is 29.1 Å². The summed E-state index contributed by atoms with van der Waals surface area (Å²) in [6.45, 7) is 0. The largest absolute Gasteiger partial charge is 0.497 e. The molecule has 0 bridgehead atoms. The van der Waals surface area contributed by atoms with Gasteiger partial charge in [0.1, 0.15) is 23.0 Å². The molecule has 4 aromatic rings. The van der Waals surface area contributed by atoms with Crippen molar-refractivity contribution in [2.45, 2.75) is 18.0 Å². The van der Waals surface area contributed by atoms with Crippen LogP contribution in [0.2, 0.25) is 0 Å². The van der Waals surface area contributed by atoms with Gasteiger partial charge >= 0.3 is 0 Å². The predicted molar refractivity (Wildman–Crippen MR) is 150 cm³/mol. The smallest absolute Gasteiger partial charge is 0.186 e. The Hall–Kier alpha value is -4.84. The summed E-state index contributed by atoms with van der Waals surface area (Å²) in [6, 6.07) is 25.4. The standard InChI is InChI=1S/C34H24FNO4/c1-40-22-11-8-10-21(19-22)31(37)30-29(25-14-5-6-15-26(25)35)34(32(38)23-12-3-4-13-24(23)33(34)39)28-18-17-20-9-2-7-16-27(20)36(28)30/h2-19,28-30H,1H3/t28-,29-,30-/m0/s1. The van der Waals surface area contributed by atoms with Gasteiger partial charge in [0.25, 0.3) is 0 Å². The fourth-order valence-corrected chi connectivity index (χ4v) is 6.94. The minimum absolute atomic E-state index is 0.165. The molecule has 40 heavy (non-hydrogen) atoms. The van der Waals surface area contributed by atoms with Gasteiger partial charge in [-0.1, -0.05) is 84.9 Å². The number of para-hydroxylation sites is 1. The SMILES string of the molecule is COc1cccc(C(=O)[C@@H]2[C@H](c3ccccc3F)C3(C(=O)c4ccccc4C3=O)[C@@H]3C=Cc4ccccc4N23)c1. The number of ketones is 3. The number of fused-ring (bicyclic) bond motifs is 5. The number of nitrogens with zero attached hydrogens (tertiary/aromatic N) is 1. The van der Waals surface area contributed by atoms with E-state index in [0.29, 0.717) is 28.1 Å². The van der Waals surface area contributed by atoms with Crippen LogP contribution in [0.1, 0.15) is 48.1 Å². The molecule has 7 rings (SSSR count). The third-order valence-electron chi connectivity index (χ3n) is 8.58. The van der Waals surface area contributed by atoms with Gasteiger partial charge in [-0.25, -0.2) is 4.39 Å². The Balaban J connectivity index is 1.56. The Morgan fingerprint density at radius 3 is 2.25 bits per heavy atom. The van der Waals surface area contributed by atoms with Crippen LogP contribution in [0.15, 0.2) is 103 Å². The van der Waals surface area contributed by atoms with Gasteiger partial charge < -0.3 is 9.64 Å². The molecule has 196 valence electrons. The Kier molecular flexibility index (Phi) is 5.36. The number of Topliss-reactive ketones (excluding diaryl/α,β-unsaturated/α-hetero) is 3. The number of benzene rings is 4. The molecule has 6 heteroatoms. The van der Waals surface area contributed by atoms with Crippen molar-refractivity contribution in [3.05, 3.63) is 137 Å². The number of hydrogen-bond acceptors (Lipinski definition) is 5. The Labute approximate surface area is 230 Å². The summed E-state index contributed by atoms with van der Waals surface area (Å²) >= 11 is 0. The second kappa shape index (κ2) is 8.85. The second-order valence-corrected chi connectivity index (χ2v) is 10.4. The molecule has 3 atom stereocenters. The van der Waals surface area contributed by atoms with Crippen molar-refractivity contribution in [1.82, 2.24) is 0 Å². The van der Waals surface area contributed by atoms with Gasteiger partial charge in [-0.3, -0.25) is 14.4 Å². The molecule has 0 aromatic heterocycles. The topological polar surface area (TPSA) is 63.7 Å². The van der Waals surface area contributed by atoms with Crippen molar-refractivity contribution in [3.63, 3.8) is 0 Å². The summed E-state index contributed by atoms with van der Waals surface area (Å²) < 4.78 is 21.2. The monoisotopic (exact) mass is 529 g/mol. The van der Waals surface area contributed by atoms with Crippen LogP contribution < -0.4 is 9.64 Å². The summed E-state index contributed by atoms with van der Waals surface area (Å²) in [5, 5.41) is 0. The lowest BCUT2D eigenvalue weighted by atomic mass is 9.64. The molecule has 1 fully saturated rings. The summed E-state index contributed by atoms with van der Waals surface area (Å²) in [5.41, 5.74) is 0.941. The van der Waals surface area contributed by atoms with Crippen LogP contribution >= 0.6 is 0 Å². The highest BCUT2D eigenvalue weighted by molar-refractivity contribution is 6.32. The molecule has 2 heterocycles. The summed E-state index contributed by atoms with van der Waals surface area (Å²) in [7, 11) is 1.52. The normalized spacial score (nSPS) is 21.8. The highest BCUT2D eigenvalue weighted by atomic mass is 19.1. The predicted octanol–water partition coefficient (Wildman–Crippen LogP) is 6.15. The van der Waals surface area contributed by atoms with Crippen molar-refractivity contribution in [2.24, 2.45) is 5.41 Å². The number of hydrogen-bond donors (Lipinski definition) is 0. The van der Waals surface area contributed by atoms with Gasteiger partial charge in [0.05, 0.1) is 13.2 Å². The molecule has 0 radical (unpaired) electrons. The zero-order chi connectivity index (χ0) is 27.6. The molecule has 2 aliphatic heterocycles. The molecule has 1 aliphatic carbocycles. The fourth-order valence-electron chi connectivity index (χ4n) is 6.94. The number of rotatable bonds is 4. The highest BCUT2D eigenvalue weighted by Crippen LogP contribution is 2.61. The zero-order valence-corrected chi connectivity index (χ0v) is 21.6. The van der Waals surface area contributed by atoms with Gasteiger partial charge in [-0.05, 0) is 35.4 Å². The van der Waals surface area contributed by atoms with Gasteiger partial charge in [0.15, 0.2) is 17.3 Å². The lowest BCUT2D eigenvalue weighted by Crippen LogP contribution is -2.48. The molecule has 3 aliphatic rings. The number of halogens is 1. The van der Waals surface area contributed by atoms with Crippen molar-refractivity contribution in [3.8, 4) is 5.75 Å². The Bertz CT molecular complexity index is 1720. The minimum atomic E-state index is -1.74. The number of carbonyl (C=O) groups excluding carboxylic acids is 3. The average molecular weight is 530 g/mol. The van der Waals surface area contributed by atoms with Gasteiger partial charge in [0, 0.05) is 28.3 Å². The summed E-state index contributed by atoms with van der Waals surface area (Å²) in [5.74, 6) is -2.26. The van der Waals surface area contributed by atoms with E-state index in [0.717, 1.165) is 5.56 Å². The highest BCUT2D eigenvalue weighted by Gasteiger charge is 2.71. The van der Waals surface area contributed by atoms with E-state index in [1.807, 2.05) is 41.3 Å². The second-order valence-electron chi connectivity index (χ2n) is 10.4. The van der Waals surface area contributed by atoms with Crippen LogP contribution in [0.4, 0.5) is 10.1 Å². The molecule has 0 unspecified atom stereocenters. The third kappa shape index (κ3) is 3.10. The quantitative estimate of drug-likeness (QED) is 0.234. The van der Waals surface area contributed by atoms with Gasteiger partial charge in [0.2, 0.25) is 0 Å². The Morgan fingerprint density at radius 2 is 1.52 bits per heavy atom. The van der Waals surface area contributed by atoms with E-state index in [2.05, 4.69) is 0 Å². The third-order valence-corrected chi connectivity index (χ3v) is 8.58. The van der Waals surface area contributed by atoms with E-state index < -0.39 is 29.2 Å². The van der Waals surface area contributed by atoms with Crippen molar-refractivity contribution < 1.29 is 23.5 Å². The molecule has 1 saturated heterocycles. The first-order valence-corrected chi connectivity index (χ1v) is 13.2. The maximum absolute atomic E-state index is 15.8. The van der Waals surface area contributed by atoms with E-state index in [1.165, 1.54) is 13.2 Å². The van der Waals surface area contributed by atoms with Crippen LogP contribution in [-0.2, 0) is 0 Å². The van der Waals surface area contributed by atoms with Gasteiger partial charge in [-0.2, -0.15) is 0 Å². The van der Waals surface area contributed by atoms with Gasteiger partial charge in [-0.15, -0.1) is 0 Å². The van der Waals surface area contributed by atoms with Crippen LogP contribution in [0.25, 0.3) is 6.08 Å². The average Bonchev–Trinajstić information content (AvgIpc) is 3.43. The molecule has 0 N–H and O–H groups in total. The number of methoxy groups -OCH3 is 1. The molecule has 4 aromatic carbocycles. The molecular weight excluding hydrogens is 505 g/mol. The number of ether oxygens (including phenoxy) is 1. The van der Waals surface area contributed by atoms with Crippen LogP contribution in [-0.4, -0.2) is 36.5 Å². The number of carbonyl (C=O) groups is 3. The molecule has 1 spiro atoms. The summed E-state index contributed by atoms with van der Waals surface area (Å²) in [4.78, 5) is 45.6. The lowest BCUT2D eigenvalue weighted by molar-refractivity contribution is 0.0664.